The number of pyridine rings is 1. The zero-order chi connectivity index (χ0) is 23.5. The molecule has 0 amide bonds. The third kappa shape index (κ3) is 4.31. The van der Waals surface area contributed by atoms with Crippen molar-refractivity contribution in [1.82, 2.24) is 4.98 Å². The summed E-state index contributed by atoms with van der Waals surface area (Å²) in [7, 11) is 4.95. The number of methoxy groups -OCH3 is 3. The molecular weight excluding hydrogens is 414 g/mol. The fourth-order valence-electron chi connectivity index (χ4n) is 4.14. The van der Waals surface area contributed by atoms with E-state index in [1.807, 2.05) is 49.4 Å². The Morgan fingerprint density at radius 2 is 1.45 bits per heavy atom. The van der Waals surface area contributed by atoms with Crippen LogP contribution in [-0.4, -0.2) is 26.3 Å². The van der Waals surface area contributed by atoms with Crippen LogP contribution in [0.5, 0.6) is 23.0 Å². The first-order valence-electron chi connectivity index (χ1n) is 10.9. The Morgan fingerprint density at radius 1 is 0.758 bits per heavy atom. The van der Waals surface area contributed by atoms with Gasteiger partial charge < -0.3 is 18.9 Å². The van der Waals surface area contributed by atoms with Crippen molar-refractivity contribution >= 4 is 10.8 Å². The highest BCUT2D eigenvalue weighted by Crippen LogP contribution is 2.42. The van der Waals surface area contributed by atoms with Gasteiger partial charge in [0.05, 0.1) is 27.0 Å². The first-order valence-corrected chi connectivity index (χ1v) is 10.9. The van der Waals surface area contributed by atoms with Gasteiger partial charge in [0, 0.05) is 16.6 Å². The number of ether oxygens (including phenoxy) is 4. The molecule has 0 radical (unpaired) electrons. The summed E-state index contributed by atoms with van der Waals surface area (Å²) in [6.45, 7) is 6.60. The monoisotopic (exact) mass is 443 g/mol. The summed E-state index contributed by atoms with van der Waals surface area (Å²) in [5.74, 6) is 2.63. The lowest BCUT2D eigenvalue weighted by molar-refractivity contribution is 0.275. The number of aromatic nitrogens is 1. The average Bonchev–Trinajstić information content (AvgIpc) is 2.83. The van der Waals surface area contributed by atoms with Crippen molar-refractivity contribution in [2.24, 2.45) is 0 Å². The molecule has 0 unspecified atom stereocenters. The number of nitrogens with zero attached hydrogens (tertiary/aromatic N) is 1. The van der Waals surface area contributed by atoms with E-state index in [-0.39, 0.29) is 0 Å². The summed E-state index contributed by atoms with van der Waals surface area (Å²) in [4.78, 5) is 4.91. The minimum Gasteiger partial charge on any atom is -0.496 e. The highest BCUT2D eigenvalue weighted by Gasteiger charge is 2.18. The topological polar surface area (TPSA) is 49.8 Å². The van der Waals surface area contributed by atoms with Crippen LogP contribution >= 0.6 is 0 Å². The van der Waals surface area contributed by atoms with Gasteiger partial charge in [-0.15, -0.1) is 0 Å². The van der Waals surface area contributed by atoms with E-state index in [9.17, 15) is 0 Å². The van der Waals surface area contributed by atoms with Gasteiger partial charge in [-0.05, 0) is 61.0 Å². The molecule has 0 fully saturated rings. The number of fused-ring (bicyclic) bond motifs is 1. The maximum Gasteiger partial charge on any atom is 0.203 e. The van der Waals surface area contributed by atoms with E-state index in [1.54, 1.807) is 21.3 Å². The van der Waals surface area contributed by atoms with Crippen LogP contribution in [0.1, 0.15) is 22.4 Å². The van der Waals surface area contributed by atoms with Gasteiger partial charge in [0.25, 0.3) is 0 Å². The van der Waals surface area contributed by atoms with Crippen molar-refractivity contribution in [3.63, 3.8) is 0 Å². The maximum absolute atomic E-state index is 6.16. The van der Waals surface area contributed by atoms with E-state index in [4.69, 9.17) is 23.9 Å². The molecule has 0 spiro atoms. The van der Waals surface area contributed by atoms with E-state index in [0.717, 1.165) is 44.6 Å². The van der Waals surface area contributed by atoms with E-state index < -0.39 is 0 Å². The van der Waals surface area contributed by atoms with Gasteiger partial charge in [-0.2, -0.15) is 0 Å². The Labute approximate surface area is 194 Å². The van der Waals surface area contributed by atoms with Gasteiger partial charge in [0.1, 0.15) is 12.4 Å². The van der Waals surface area contributed by atoms with Gasteiger partial charge in [0.15, 0.2) is 11.5 Å². The van der Waals surface area contributed by atoms with Crippen LogP contribution < -0.4 is 18.9 Å². The summed E-state index contributed by atoms with van der Waals surface area (Å²) in [5, 5.41) is 2.12. The lowest BCUT2D eigenvalue weighted by atomic mass is 9.98. The molecule has 0 aliphatic rings. The van der Waals surface area contributed by atoms with Crippen LogP contribution in [0.15, 0.2) is 54.6 Å². The molecule has 0 bridgehead atoms. The number of benzene rings is 3. The minimum atomic E-state index is 0.420. The second-order valence-electron chi connectivity index (χ2n) is 8.03. The Balaban J connectivity index is 1.83. The quantitative estimate of drug-likeness (QED) is 0.329. The van der Waals surface area contributed by atoms with Gasteiger partial charge in [-0.3, -0.25) is 4.98 Å². The molecule has 3 aromatic carbocycles. The van der Waals surface area contributed by atoms with Crippen molar-refractivity contribution in [3.8, 4) is 34.3 Å². The predicted molar refractivity (Wildman–Crippen MR) is 132 cm³/mol. The molecule has 0 saturated heterocycles. The summed E-state index contributed by atoms with van der Waals surface area (Å²) in [5.41, 5.74) is 6.00. The van der Waals surface area contributed by atoms with Gasteiger partial charge in [-0.25, -0.2) is 0 Å². The summed E-state index contributed by atoms with van der Waals surface area (Å²) in [6, 6.07) is 18.2. The second kappa shape index (κ2) is 9.41. The third-order valence-corrected chi connectivity index (χ3v) is 5.94. The third-order valence-electron chi connectivity index (χ3n) is 5.94. The van der Waals surface area contributed by atoms with Crippen LogP contribution in [0.3, 0.4) is 0 Å². The largest absolute Gasteiger partial charge is 0.496 e. The van der Waals surface area contributed by atoms with Crippen LogP contribution in [0, 0.1) is 20.8 Å². The molecule has 170 valence electrons. The molecule has 0 aliphatic heterocycles. The smallest absolute Gasteiger partial charge is 0.203 e. The van der Waals surface area contributed by atoms with E-state index in [1.165, 1.54) is 5.56 Å². The molecule has 5 nitrogen and oxygen atoms in total. The molecule has 1 aromatic heterocycles. The summed E-state index contributed by atoms with van der Waals surface area (Å²) >= 11 is 0. The zero-order valence-corrected chi connectivity index (χ0v) is 20.0. The fourth-order valence-corrected chi connectivity index (χ4v) is 4.14. The van der Waals surface area contributed by atoms with Crippen molar-refractivity contribution in [3.05, 3.63) is 77.0 Å². The van der Waals surface area contributed by atoms with Crippen LogP contribution in [0.25, 0.3) is 22.0 Å². The molecule has 0 N–H and O–H groups in total. The molecular formula is C28H29NO4. The lowest BCUT2D eigenvalue weighted by Crippen LogP contribution is -2.01. The highest BCUT2D eigenvalue weighted by molar-refractivity contribution is 5.94. The summed E-state index contributed by atoms with van der Waals surface area (Å²) < 4.78 is 23.1. The van der Waals surface area contributed by atoms with Crippen molar-refractivity contribution < 1.29 is 18.9 Å². The molecule has 1 heterocycles. The normalized spacial score (nSPS) is 10.8. The Hall–Kier alpha value is -3.73. The molecule has 0 atom stereocenters. The first kappa shape index (κ1) is 22.5. The van der Waals surface area contributed by atoms with Gasteiger partial charge >= 0.3 is 0 Å². The van der Waals surface area contributed by atoms with Crippen molar-refractivity contribution in [1.29, 1.82) is 0 Å². The van der Waals surface area contributed by atoms with Crippen molar-refractivity contribution in [2.45, 2.75) is 27.4 Å². The predicted octanol–water partition coefficient (Wildman–Crippen LogP) is 6.43. The SMILES string of the molecule is COc1cc(-c2cc3cc(C)c(C)c(OC)c3c(C)n2)cc(OCc2ccccc2)c1OC. The van der Waals surface area contributed by atoms with Gasteiger partial charge in [0.2, 0.25) is 5.75 Å². The number of hydrogen-bond donors (Lipinski definition) is 0. The van der Waals surface area contributed by atoms with Crippen LogP contribution in [0.4, 0.5) is 0 Å². The second-order valence-corrected chi connectivity index (χ2v) is 8.03. The Bertz CT molecular complexity index is 1300. The lowest BCUT2D eigenvalue weighted by Gasteiger charge is -2.17. The molecule has 0 saturated carbocycles. The maximum atomic E-state index is 6.16. The molecule has 4 aromatic rings. The number of rotatable bonds is 7. The van der Waals surface area contributed by atoms with Crippen LogP contribution in [-0.2, 0) is 6.61 Å². The highest BCUT2D eigenvalue weighted by atomic mass is 16.5. The minimum absolute atomic E-state index is 0.420. The van der Waals surface area contributed by atoms with E-state index >= 15 is 0 Å². The van der Waals surface area contributed by atoms with Gasteiger partial charge in [-0.1, -0.05) is 36.4 Å². The zero-order valence-electron chi connectivity index (χ0n) is 20.0. The molecule has 0 aliphatic carbocycles. The average molecular weight is 444 g/mol. The fraction of sp³-hybridized carbons (Fsp3) is 0.250. The number of aryl methyl sites for hydroxylation is 2. The van der Waals surface area contributed by atoms with Crippen LogP contribution in [0.2, 0.25) is 0 Å². The Morgan fingerprint density at radius 3 is 2.12 bits per heavy atom. The Kier molecular flexibility index (Phi) is 6.40. The van der Waals surface area contributed by atoms with E-state index in [2.05, 4.69) is 26.0 Å². The van der Waals surface area contributed by atoms with E-state index in [0.29, 0.717) is 23.9 Å². The van der Waals surface area contributed by atoms with Crippen molar-refractivity contribution in [2.75, 3.05) is 21.3 Å². The molecule has 33 heavy (non-hydrogen) atoms. The molecule has 4 rings (SSSR count). The summed E-state index contributed by atoms with van der Waals surface area (Å²) in [6.07, 6.45) is 0. The number of hydrogen-bond acceptors (Lipinski definition) is 5. The first-order chi connectivity index (χ1) is 16.0. The molecule has 5 heteroatoms. The standard InChI is InChI=1S/C28H29NO4/c1-17-12-22-13-23(29-19(3)26(22)27(31-5)18(17)2)21-14-24(30-4)28(32-6)25(15-21)33-16-20-10-8-7-9-11-20/h7-15H,16H2,1-6H3.